The third kappa shape index (κ3) is 3.24. The van der Waals surface area contributed by atoms with E-state index in [1.165, 1.54) is 4.90 Å². The lowest BCUT2D eigenvalue weighted by Gasteiger charge is -2.15. The largest absolute Gasteiger partial charge is 0.347 e. The Labute approximate surface area is 139 Å². The lowest BCUT2D eigenvalue weighted by molar-refractivity contribution is -0.116. The molecule has 0 radical (unpaired) electrons. The molecule has 1 aliphatic rings. The number of nitrogens with one attached hydrogen (secondary N) is 1. The second kappa shape index (κ2) is 6.49. The number of nitrogens with zero attached hydrogens (tertiary/aromatic N) is 4. The molecule has 0 unspecified atom stereocenters. The predicted molar refractivity (Wildman–Crippen MR) is 89.9 cm³/mol. The van der Waals surface area contributed by atoms with Crippen LogP contribution in [0.15, 0.2) is 48.3 Å². The highest BCUT2D eigenvalue weighted by Crippen LogP contribution is 2.19. The number of urea groups is 1. The van der Waals surface area contributed by atoms with Gasteiger partial charge in [-0.15, -0.1) is 0 Å². The summed E-state index contributed by atoms with van der Waals surface area (Å²) < 4.78 is 0. The minimum Gasteiger partial charge on any atom is -0.347 e. The van der Waals surface area contributed by atoms with Crippen LogP contribution in [0, 0.1) is 0 Å². The van der Waals surface area contributed by atoms with Crippen LogP contribution in [0.25, 0.3) is 6.08 Å². The first-order valence-corrected chi connectivity index (χ1v) is 7.43. The van der Waals surface area contributed by atoms with Crippen LogP contribution in [0.3, 0.4) is 0 Å². The summed E-state index contributed by atoms with van der Waals surface area (Å²) in [5, 5.41) is 2.32. The number of carbonyl (C=O) groups is 2. The summed E-state index contributed by atoms with van der Waals surface area (Å²) >= 11 is 0. The first-order chi connectivity index (χ1) is 11.5. The fourth-order valence-corrected chi connectivity index (χ4v) is 2.32. The van der Waals surface area contributed by atoms with Crippen LogP contribution in [0.5, 0.6) is 0 Å². The summed E-state index contributed by atoms with van der Waals surface area (Å²) in [6, 6.07) is 10.8. The molecule has 3 amide bonds. The molecule has 1 fully saturated rings. The molecule has 7 heteroatoms. The van der Waals surface area contributed by atoms with E-state index in [1.807, 2.05) is 44.4 Å². The van der Waals surface area contributed by atoms with Crippen molar-refractivity contribution in [1.82, 2.24) is 20.2 Å². The zero-order valence-electron chi connectivity index (χ0n) is 13.4. The molecule has 0 bridgehead atoms. The molecule has 122 valence electrons. The van der Waals surface area contributed by atoms with E-state index >= 15 is 0 Å². The molecule has 0 aliphatic carbocycles. The first kappa shape index (κ1) is 15.7. The molecular weight excluding hydrogens is 306 g/mol. The summed E-state index contributed by atoms with van der Waals surface area (Å²) in [5.41, 5.74) is 1.77. The second-order valence-electron chi connectivity index (χ2n) is 5.54. The normalized spacial score (nSPS) is 15.8. The van der Waals surface area contributed by atoms with Gasteiger partial charge in [-0.2, -0.15) is 0 Å². The molecule has 0 saturated carbocycles. The standard InChI is InChI=1S/C17H17N5O2/c1-21(2)16-18-9-8-13(19-16)10-14-15(23)20-17(24)22(14)11-12-6-4-3-5-7-12/h3-10H,11H2,1-2H3,(H,20,23,24)/b14-10-. The predicted octanol–water partition coefficient (Wildman–Crippen LogP) is 1.64. The molecule has 1 aromatic heterocycles. The molecule has 1 aromatic carbocycles. The number of benzene rings is 1. The van der Waals surface area contributed by atoms with Crippen LogP contribution < -0.4 is 10.2 Å². The van der Waals surface area contributed by atoms with Gasteiger partial charge in [-0.1, -0.05) is 30.3 Å². The van der Waals surface area contributed by atoms with Gasteiger partial charge in [-0.3, -0.25) is 15.0 Å². The van der Waals surface area contributed by atoms with Crippen molar-refractivity contribution in [2.24, 2.45) is 0 Å². The molecule has 3 rings (SSSR count). The van der Waals surface area contributed by atoms with Crippen LogP contribution in [0.4, 0.5) is 10.7 Å². The van der Waals surface area contributed by atoms with E-state index in [0.717, 1.165) is 5.56 Å². The Hall–Kier alpha value is -3.22. The molecule has 2 heterocycles. The van der Waals surface area contributed by atoms with Crippen molar-refractivity contribution in [2.45, 2.75) is 6.54 Å². The molecule has 0 atom stereocenters. The van der Waals surface area contributed by atoms with E-state index < -0.39 is 11.9 Å². The smallest absolute Gasteiger partial charge is 0.329 e. The van der Waals surface area contributed by atoms with Gasteiger partial charge >= 0.3 is 6.03 Å². The lowest BCUT2D eigenvalue weighted by atomic mass is 10.2. The van der Waals surface area contributed by atoms with Crippen LogP contribution in [0.2, 0.25) is 0 Å². The highest BCUT2D eigenvalue weighted by Gasteiger charge is 2.33. The Morgan fingerprint density at radius 1 is 1.17 bits per heavy atom. The van der Waals surface area contributed by atoms with E-state index in [0.29, 0.717) is 18.2 Å². The maximum atomic E-state index is 12.1. The fraction of sp³-hybridized carbons (Fsp3) is 0.176. The summed E-state index contributed by atoms with van der Waals surface area (Å²) in [6.45, 7) is 0.315. The fourth-order valence-electron chi connectivity index (χ4n) is 2.32. The highest BCUT2D eigenvalue weighted by molar-refractivity contribution is 6.13. The number of anilines is 1. The van der Waals surface area contributed by atoms with Crippen molar-refractivity contribution in [3.63, 3.8) is 0 Å². The topological polar surface area (TPSA) is 78.4 Å². The molecule has 0 spiro atoms. The molecule has 1 N–H and O–H groups in total. The van der Waals surface area contributed by atoms with Crippen LogP contribution in [-0.2, 0) is 11.3 Å². The third-order valence-electron chi connectivity index (χ3n) is 3.52. The minimum absolute atomic E-state index is 0.271. The Balaban J connectivity index is 1.92. The van der Waals surface area contributed by atoms with Gasteiger partial charge in [0.2, 0.25) is 5.95 Å². The highest BCUT2D eigenvalue weighted by atomic mass is 16.2. The van der Waals surface area contributed by atoms with Gasteiger partial charge in [-0.25, -0.2) is 14.8 Å². The monoisotopic (exact) mass is 323 g/mol. The van der Waals surface area contributed by atoms with Crippen LogP contribution in [0.1, 0.15) is 11.3 Å². The second-order valence-corrected chi connectivity index (χ2v) is 5.54. The van der Waals surface area contributed by atoms with Gasteiger partial charge in [-0.05, 0) is 17.7 Å². The Morgan fingerprint density at radius 2 is 1.92 bits per heavy atom. The average molecular weight is 323 g/mol. The third-order valence-corrected chi connectivity index (χ3v) is 3.52. The Morgan fingerprint density at radius 3 is 2.62 bits per heavy atom. The van der Waals surface area contributed by atoms with Crippen LogP contribution in [-0.4, -0.2) is 40.9 Å². The summed E-state index contributed by atoms with van der Waals surface area (Å²) in [4.78, 5) is 35.9. The first-order valence-electron chi connectivity index (χ1n) is 7.43. The van der Waals surface area contributed by atoms with Gasteiger partial charge in [0.25, 0.3) is 5.91 Å². The zero-order valence-corrected chi connectivity index (χ0v) is 13.4. The number of hydrogen-bond acceptors (Lipinski definition) is 5. The van der Waals surface area contributed by atoms with E-state index in [4.69, 9.17) is 0 Å². The van der Waals surface area contributed by atoms with Gasteiger partial charge in [0, 0.05) is 20.3 Å². The lowest BCUT2D eigenvalue weighted by Crippen LogP contribution is -2.27. The van der Waals surface area contributed by atoms with Crippen molar-refractivity contribution in [1.29, 1.82) is 0 Å². The summed E-state index contributed by atoms with van der Waals surface area (Å²) in [6.07, 6.45) is 3.21. The van der Waals surface area contributed by atoms with E-state index in [9.17, 15) is 9.59 Å². The van der Waals surface area contributed by atoms with Crippen molar-refractivity contribution in [3.8, 4) is 0 Å². The minimum atomic E-state index is -0.433. The van der Waals surface area contributed by atoms with Crippen molar-refractivity contribution < 1.29 is 9.59 Å². The molecule has 2 aromatic rings. The number of imide groups is 1. The Bertz CT molecular complexity index is 802. The molecule has 1 aliphatic heterocycles. The maximum Gasteiger partial charge on any atom is 0.329 e. The summed E-state index contributed by atoms with van der Waals surface area (Å²) in [7, 11) is 3.67. The van der Waals surface area contributed by atoms with Crippen molar-refractivity contribution in [3.05, 3.63) is 59.5 Å². The van der Waals surface area contributed by atoms with E-state index in [-0.39, 0.29) is 5.70 Å². The Kier molecular flexibility index (Phi) is 4.24. The molecular formula is C17H17N5O2. The van der Waals surface area contributed by atoms with Crippen molar-refractivity contribution >= 4 is 24.0 Å². The zero-order chi connectivity index (χ0) is 17.1. The van der Waals surface area contributed by atoms with E-state index in [1.54, 1.807) is 23.2 Å². The van der Waals surface area contributed by atoms with Crippen molar-refractivity contribution in [2.75, 3.05) is 19.0 Å². The van der Waals surface area contributed by atoms with Gasteiger partial charge in [0.15, 0.2) is 0 Å². The van der Waals surface area contributed by atoms with Gasteiger partial charge < -0.3 is 4.90 Å². The number of carbonyl (C=O) groups excluding carboxylic acids is 2. The van der Waals surface area contributed by atoms with Crippen LogP contribution >= 0.6 is 0 Å². The maximum absolute atomic E-state index is 12.1. The quantitative estimate of drug-likeness (QED) is 0.683. The average Bonchev–Trinajstić information content (AvgIpc) is 2.83. The SMILES string of the molecule is CN(C)c1nccc(/C=C2/C(=O)NC(=O)N2Cc2ccccc2)n1. The van der Waals surface area contributed by atoms with Gasteiger partial charge in [0.1, 0.15) is 5.70 Å². The number of aromatic nitrogens is 2. The van der Waals surface area contributed by atoms with E-state index in [2.05, 4.69) is 15.3 Å². The number of rotatable bonds is 4. The summed E-state index contributed by atoms with van der Waals surface area (Å²) in [5.74, 6) is 0.102. The molecule has 7 nitrogen and oxygen atoms in total. The number of hydrogen-bond donors (Lipinski definition) is 1. The van der Waals surface area contributed by atoms with Gasteiger partial charge in [0.05, 0.1) is 12.2 Å². The number of amides is 3. The molecule has 1 saturated heterocycles. The molecule has 24 heavy (non-hydrogen) atoms.